The third kappa shape index (κ3) is 4.62. The zero-order valence-electron chi connectivity index (χ0n) is 14.7. The molecule has 2 fully saturated rings. The van der Waals surface area contributed by atoms with Crippen LogP contribution in [0.5, 0.6) is 0 Å². The molecule has 2 aliphatic rings. The maximum atomic E-state index is 13.8. The van der Waals surface area contributed by atoms with E-state index in [1.165, 1.54) is 0 Å². The molecule has 22 heavy (non-hydrogen) atoms. The zero-order chi connectivity index (χ0) is 16.3. The van der Waals surface area contributed by atoms with Crippen molar-refractivity contribution in [2.45, 2.75) is 58.5 Å². The molecule has 5 heteroatoms. The minimum atomic E-state index is -2.56. The second-order valence-electron chi connectivity index (χ2n) is 7.59. The summed E-state index contributed by atoms with van der Waals surface area (Å²) in [5.74, 6) is -3.13. The van der Waals surface area contributed by atoms with Crippen molar-refractivity contribution >= 4 is 0 Å². The van der Waals surface area contributed by atoms with E-state index in [-0.39, 0.29) is 6.54 Å². The minimum absolute atomic E-state index is 0.0709. The Balaban J connectivity index is 1.74. The Morgan fingerprint density at radius 1 is 0.909 bits per heavy atom. The summed E-state index contributed by atoms with van der Waals surface area (Å²) in [4.78, 5) is 7.06. The van der Waals surface area contributed by atoms with Gasteiger partial charge in [0, 0.05) is 44.2 Å². The van der Waals surface area contributed by atoms with Gasteiger partial charge in [-0.2, -0.15) is 0 Å². The molecule has 0 saturated carbocycles. The Hall–Kier alpha value is -0.260. The molecular formula is C17H33F2N3. The molecule has 130 valence electrons. The Kier molecular flexibility index (Phi) is 6.20. The maximum Gasteiger partial charge on any atom is 0.262 e. The largest absolute Gasteiger partial charge is 0.298 e. The van der Waals surface area contributed by atoms with E-state index in [2.05, 4.69) is 23.6 Å². The SMILES string of the molecule is CC(C)N1CCN(C2CCN(CC(F)(F)C(C)C)CC2)CC1. The van der Waals surface area contributed by atoms with Gasteiger partial charge >= 0.3 is 0 Å². The molecule has 0 aromatic heterocycles. The summed E-state index contributed by atoms with van der Waals surface area (Å²) in [6.45, 7) is 13.8. The van der Waals surface area contributed by atoms with Crippen LogP contribution < -0.4 is 0 Å². The van der Waals surface area contributed by atoms with Crippen molar-refractivity contribution in [1.29, 1.82) is 0 Å². The summed E-state index contributed by atoms with van der Waals surface area (Å²) < 4.78 is 27.7. The summed E-state index contributed by atoms with van der Waals surface area (Å²) in [5.41, 5.74) is 0. The standard InChI is InChI=1S/C17H33F2N3/c1-14(2)17(18,19)13-20-7-5-16(6-8-20)22-11-9-21(10-12-22)15(3)4/h14-16H,5-13H2,1-4H3. The average Bonchev–Trinajstić information content (AvgIpc) is 2.47. The van der Waals surface area contributed by atoms with E-state index in [1.807, 2.05) is 4.90 Å². The van der Waals surface area contributed by atoms with Crippen LogP contribution in [0.25, 0.3) is 0 Å². The smallest absolute Gasteiger partial charge is 0.262 e. The van der Waals surface area contributed by atoms with Crippen molar-refractivity contribution in [1.82, 2.24) is 14.7 Å². The lowest BCUT2D eigenvalue weighted by Crippen LogP contribution is -2.55. The fourth-order valence-electron chi connectivity index (χ4n) is 3.54. The predicted molar refractivity (Wildman–Crippen MR) is 87.5 cm³/mol. The molecule has 0 aromatic rings. The van der Waals surface area contributed by atoms with Crippen LogP contribution in [0, 0.1) is 5.92 Å². The molecule has 0 aromatic carbocycles. The Bertz CT molecular complexity index is 331. The number of nitrogens with zero attached hydrogens (tertiary/aromatic N) is 3. The molecule has 0 amide bonds. The fraction of sp³-hybridized carbons (Fsp3) is 1.00. The Labute approximate surface area is 134 Å². The molecule has 0 bridgehead atoms. The summed E-state index contributed by atoms with van der Waals surface area (Å²) in [6.07, 6.45) is 2.08. The van der Waals surface area contributed by atoms with Crippen molar-refractivity contribution in [3.05, 3.63) is 0 Å². The molecule has 0 unspecified atom stereocenters. The van der Waals surface area contributed by atoms with Gasteiger partial charge in [-0.15, -0.1) is 0 Å². The van der Waals surface area contributed by atoms with E-state index in [4.69, 9.17) is 0 Å². The lowest BCUT2D eigenvalue weighted by atomic mass is 10.00. The van der Waals surface area contributed by atoms with Crippen LogP contribution in [0.2, 0.25) is 0 Å². The first-order chi connectivity index (χ1) is 10.3. The molecule has 2 saturated heterocycles. The van der Waals surface area contributed by atoms with Crippen molar-refractivity contribution in [3.8, 4) is 0 Å². The first kappa shape index (κ1) is 18.1. The summed E-state index contributed by atoms with van der Waals surface area (Å²) >= 11 is 0. The first-order valence-electron chi connectivity index (χ1n) is 8.88. The van der Waals surface area contributed by atoms with Crippen LogP contribution in [-0.2, 0) is 0 Å². The number of hydrogen-bond donors (Lipinski definition) is 0. The van der Waals surface area contributed by atoms with E-state index in [9.17, 15) is 8.78 Å². The van der Waals surface area contributed by atoms with Crippen molar-refractivity contribution < 1.29 is 8.78 Å². The van der Waals surface area contributed by atoms with Gasteiger partial charge in [0.15, 0.2) is 0 Å². The van der Waals surface area contributed by atoms with E-state index in [0.717, 1.165) is 52.1 Å². The van der Waals surface area contributed by atoms with Gasteiger partial charge < -0.3 is 0 Å². The second-order valence-corrected chi connectivity index (χ2v) is 7.59. The van der Waals surface area contributed by atoms with Crippen LogP contribution in [0.15, 0.2) is 0 Å². The van der Waals surface area contributed by atoms with Gasteiger partial charge in [0.05, 0.1) is 6.54 Å². The van der Waals surface area contributed by atoms with Crippen molar-refractivity contribution in [2.75, 3.05) is 45.8 Å². The fourth-order valence-corrected chi connectivity index (χ4v) is 3.54. The van der Waals surface area contributed by atoms with Crippen LogP contribution in [0.1, 0.15) is 40.5 Å². The lowest BCUT2D eigenvalue weighted by molar-refractivity contribution is -0.0776. The predicted octanol–water partition coefficient (Wildman–Crippen LogP) is 2.77. The third-order valence-electron chi connectivity index (χ3n) is 5.43. The van der Waals surface area contributed by atoms with Gasteiger partial charge in [0.25, 0.3) is 5.92 Å². The first-order valence-corrected chi connectivity index (χ1v) is 8.88. The second kappa shape index (κ2) is 7.54. The summed E-state index contributed by atoms with van der Waals surface area (Å²) in [5, 5.41) is 0. The van der Waals surface area contributed by atoms with Crippen LogP contribution >= 0.6 is 0 Å². The molecule has 2 heterocycles. The quantitative estimate of drug-likeness (QED) is 0.772. The molecular weight excluding hydrogens is 284 g/mol. The third-order valence-corrected chi connectivity index (χ3v) is 5.43. The maximum absolute atomic E-state index is 13.8. The van der Waals surface area contributed by atoms with Gasteiger partial charge in [-0.25, -0.2) is 8.78 Å². The Morgan fingerprint density at radius 3 is 1.91 bits per heavy atom. The van der Waals surface area contributed by atoms with Crippen LogP contribution in [-0.4, -0.2) is 78.5 Å². The monoisotopic (exact) mass is 317 g/mol. The topological polar surface area (TPSA) is 9.72 Å². The highest BCUT2D eigenvalue weighted by molar-refractivity contribution is 4.86. The van der Waals surface area contributed by atoms with Crippen LogP contribution in [0.4, 0.5) is 8.78 Å². The number of piperazine rings is 1. The van der Waals surface area contributed by atoms with E-state index in [0.29, 0.717) is 12.1 Å². The average molecular weight is 317 g/mol. The van der Waals surface area contributed by atoms with E-state index >= 15 is 0 Å². The summed E-state index contributed by atoms with van der Waals surface area (Å²) in [6, 6.07) is 1.22. The van der Waals surface area contributed by atoms with E-state index in [1.54, 1.807) is 13.8 Å². The molecule has 0 N–H and O–H groups in total. The van der Waals surface area contributed by atoms with Gasteiger partial charge in [0.2, 0.25) is 0 Å². The van der Waals surface area contributed by atoms with Gasteiger partial charge in [-0.1, -0.05) is 13.8 Å². The van der Waals surface area contributed by atoms with Gasteiger partial charge in [0.1, 0.15) is 0 Å². The minimum Gasteiger partial charge on any atom is -0.298 e. The number of rotatable bonds is 5. The molecule has 0 radical (unpaired) electrons. The highest BCUT2D eigenvalue weighted by Gasteiger charge is 2.37. The normalized spacial score (nSPS) is 24.5. The lowest BCUT2D eigenvalue weighted by Gasteiger charge is -2.44. The molecule has 0 aliphatic carbocycles. The number of hydrogen-bond acceptors (Lipinski definition) is 3. The molecule has 0 spiro atoms. The van der Waals surface area contributed by atoms with Gasteiger partial charge in [-0.3, -0.25) is 14.7 Å². The number of likely N-dealkylation sites (tertiary alicyclic amines) is 1. The van der Waals surface area contributed by atoms with Crippen LogP contribution in [0.3, 0.4) is 0 Å². The van der Waals surface area contributed by atoms with Crippen molar-refractivity contribution in [3.63, 3.8) is 0 Å². The van der Waals surface area contributed by atoms with Crippen molar-refractivity contribution in [2.24, 2.45) is 5.92 Å². The zero-order valence-corrected chi connectivity index (χ0v) is 14.7. The molecule has 0 atom stereocenters. The molecule has 2 aliphatic heterocycles. The number of alkyl halides is 2. The highest BCUT2D eigenvalue weighted by Crippen LogP contribution is 2.27. The molecule has 2 rings (SSSR count). The number of halogens is 2. The highest BCUT2D eigenvalue weighted by atomic mass is 19.3. The summed E-state index contributed by atoms with van der Waals surface area (Å²) in [7, 11) is 0. The molecule has 3 nitrogen and oxygen atoms in total. The van der Waals surface area contributed by atoms with E-state index < -0.39 is 11.8 Å². The number of piperidine rings is 1. The van der Waals surface area contributed by atoms with Gasteiger partial charge in [-0.05, 0) is 39.8 Å². The Morgan fingerprint density at radius 2 is 1.45 bits per heavy atom.